The Kier molecular flexibility index (Phi) is 30.8. The van der Waals surface area contributed by atoms with E-state index in [1.807, 2.05) is 0 Å². The van der Waals surface area contributed by atoms with Crippen LogP contribution in [0, 0.1) is 0 Å². The van der Waals surface area contributed by atoms with Crippen molar-refractivity contribution in [2.45, 2.75) is 75.6 Å². The number of hydrogen-bond donors (Lipinski definition) is 0. The van der Waals surface area contributed by atoms with Gasteiger partial charge in [0.25, 0.3) is 0 Å². The van der Waals surface area contributed by atoms with Gasteiger partial charge in [0.05, 0.1) is 0 Å². The van der Waals surface area contributed by atoms with Crippen molar-refractivity contribution in [3.8, 4) is 0 Å². The number of hydrogen-bond acceptors (Lipinski definition) is 0. The molecule has 0 heterocycles. The molecule has 0 aliphatic carbocycles. The van der Waals surface area contributed by atoms with Crippen LogP contribution in [0.3, 0.4) is 0 Å². The van der Waals surface area contributed by atoms with Crippen molar-refractivity contribution in [3.63, 3.8) is 0 Å². The van der Waals surface area contributed by atoms with Gasteiger partial charge in [0.2, 0.25) is 0 Å². The molecule has 0 nitrogen and oxygen atoms in total. The van der Waals surface area contributed by atoms with Crippen LogP contribution in [-0.4, -0.2) is 22.5 Å². The molecule has 0 amide bonds. The Hall–Kier alpha value is 2.99. The van der Waals surface area contributed by atoms with Crippen molar-refractivity contribution < 1.29 is 13.3 Å². The summed E-state index contributed by atoms with van der Waals surface area (Å²) in [4.78, 5) is 0. The molecule has 4 heteroatoms. The molecule has 0 N–H and O–H groups in total. The zero-order valence-corrected chi connectivity index (χ0v) is 19.7. The van der Waals surface area contributed by atoms with E-state index in [-0.39, 0.29) is 0 Å². The molecule has 0 rings (SSSR count). The molecule has 99 valence electrons. The Morgan fingerprint density at radius 3 is 1.38 bits per heavy atom. The summed E-state index contributed by atoms with van der Waals surface area (Å²) in [5.41, 5.74) is 0. The molecule has 0 saturated heterocycles. The van der Waals surface area contributed by atoms with Crippen LogP contribution in [0.2, 0.25) is 4.44 Å². The van der Waals surface area contributed by atoms with Gasteiger partial charge < -0.3 is 0 Å². The van der Waals surface area contributed by atoms with Gasteiger partial charge in [-0.05, 0) is 0 Å². The molecule has 0 unspecified atom stereocenters. The first-order valence-electron chi connectivity index (χ1n) is 6.35. The summed E-state index contributed by atoms with van der Waals surface area (Å²) in [6.07, 6.45) is 14.7. The van der Waals surface area contributed by atoms with Crippen LogP contribution >= 0.6 is 37.2 Å². The van der Waals surface area contributed by atoms with Gasteiger partial charge in [-0.2, -0.15) is 0 Å². The minimum absolute atomic E-state index is 0.530. The van der Waals surface area contributed by atoms with E-state index in [0.29, 0.717) is 13.3 Å². The van der Waals surface area contributed by atoms with Gasteiger partial charge in [-0.3, -0.25) is 0 Å². The zero-order chi connectivity index (χ0) is 12.5. The molecule has 0 fully saturated rings. The summed E-state index contributed by atoms with van der Waals surface area (Å²) in [7, 11) is 0. The van der Waals surface area contributed by atoms with Crippen LogP contribution in [0.1, 0.15) is 71.1 Å². The number of halogens is 3. The fourth-order valence-electron chi connectivity index (χ4n) is 1.61. The molecule has 3 radical (unpaired) electrons. The molecular weight excluding hydrogens is 644 g/mol. The van der Waals surface area contributed by atoms with Gasteiger partial charge in [-0.1, -0.05) is 0 Å². The first kappa shape index (κ1) is 21.3. The second-order valence-corrected chi connectivity index (χ2v) is 21.7. The predicted octanol–water partition coefficient (Wildman–Crippen LogP) is 3.27. The first-order valence-corrected chi connectivity index (χ1v) is 20.9. The summed E-state index contributed by atoms with van der Waals surface area (Å²) in [5, 5.41) is 0. The van der Waals surface area contributed by atoms with Crippen LogP contribution < -0.4 is 13.3 Å². The molecule has 0 aromatic heterocycles. The summed E-state index contributed by atoms with van der Waals surface area (Å²) in [6, 6.07) is 0. The predicted molar refractivity (Wildman–Crippen MR) is 90.4 cm³/mol. The molecule has 0 aliphatic rings. The maximum absolute atomic E-state index is 2.39. The Balaban J connectivity index is 0. The number of rotatable bonds is 10. The minimum atomic E-state index is 0.530. The van der Waals surface area contributed by atoms with Crippen LogP contribution in [-0.2, 0) is 0 Å². The summed E-state index contributed by atoms with van der Waals surface area (Å²) in [5.74, 6) is 0. The van der Waals surface area contributed by atoms with Crippen LogP contribution in [0.15, 0.2) is 0 Å². The summed E-state index contributed by atoms with van der Waals surface area (Å²) in [6.45, 7) is 2.28. The van der Waals surface area contributed by atoms with E-state index >= 15 is 0 Å². The van der Waals surface area contributed by atoms with Crippen LogP contribution in [0.4, 0.5) is 0 Å². The van der Waals surface area contributed by atoms with Crippen molar-refractivity contribution in [2.24, 2.45) is 0 Å². The second-order valence-electron chi connectivity index (χ2n) is 3.99. The molecule has 0 aliphatic heterocycles. The van der Waals surface area contributed by atoms with Crippen molar-refractivity contribution in [1.29, 1.82) is 0 Å². The Bertz CT molecular complexity index is 92.3. The Labute approximate surface area is 146 Å². The van der Waals surface area contributed by atoms with Crippen molar-refractivity contribution in [1.82, 2.24) is 0 Å². The van der Waals surface area contributed by atoms with Gasteiger partial charge in [0, 0.05) is 0 Å². The molecule has 0 aromatic carbocycles. The molecule has 0 atom stereocenters. The maximum atomic E-state index is 2.39. The third kappa shape index (κ3) is 25.7. The van der Waals surface area contributed by atoms with Crippen LogP contribution in [0.5, 0.6) is 0 Å². The van der Waals surface area contributed by atoms with Gasteiger partial charge >= 0.3 is 149 Å². The summed E-state index contributed by atoms with van der Waals surface area (Å²) < 4.78 is 1.46. The Morgan fingerprint density at radius 2 is 1.06 bits per heavy atom. The van der Waals surface area contributed by atoms with Crippen molar-refractivity contribution in [2.75, 3.05) is 0 Å². The van der Waals surface area contributed by atoms with Crippen molar-refractivity contribution >= 4 is 59.8 Å². The number of unbranched alkanes of at least 4 members (excludes halogenated alkanes) is 9. The fourth-order valence-corrected chi connectivity index (χ4v) is 2.33. The third-order valence-corrected chi connectivity index (χ3v) is 3.54. The van der Waals surface area contributed by atoms with E-state index in [9.17, 15) is 0 Å². The monoisotopic (exact) mass is 670 g/mol. The molecule has 0 spiro atoms. The fraction of sp³-hybridized carbons (Fsp3) is 1.00. The third-order valence-electron chi connectivity index (χ3n) is 2.53. The van der Waals surface area contributed by atoms with Crippen molar-refractivity contribution in [3.05, 3.63) is 0 Å². The second kappa shape index (κ2) is 23.1. The zero-order valence-electron chi connectivity index (χ0n) is 10.4. The van der Waals surface area contributed by atoms with Gasteiger partial charge in [-0.15, -0.1) is 0 Å². The SMILES string of the molecule is CCCCCCCCCCC[CH2][Sn].I[I-]I. The average Bonchev–Trinajstić information content (AvgIpc) is 2.28. The normalized spacial score (nSPS) is 10.0. The average molecular weight is 669 g/mol. The molecular formula is C12H25I3Sn-. The quantitative estimate of drug-likeness (QED) is 0.191. The van der Waals surface area contributed by atoms with E-state index in [0.717, 1.165) is 0 Å². The first-order chi connectivity index (χ1) is 7.83. The van der Waals surface area contributed by atoms with E-state index < -0.39 is 0 Å². The van der Waals surface area contributed by atoms with Gasteiger partial charge in [0.1, 0.15) is 0 Å². The van der Waals surface area contributed by atoms with Gasteiger partial charge in [-0.25, -0.2) is 0 Å². The van der Waals surface area contributed by atoms with E-state index in [4.69, 9.17) is 0 Å². The standard InChI is InChI=1S/C12H25.I3.Sn/c1-3-5-7-9-11-12-10-8-6-4-2;1-3-2;/h1,3-12H2,2H3;;/q;-1;. The van der Waals surface area contributed by atoms with E-state index in [2.05, 4.69) is 44.2 Å². The van der Waals surface area contributed by atoms with E-state index in [1.165, 1.54) is 68.6 Å². The van der Waals surface area contributed by atoms with Gasteiger partial charge in [0.15, 0.2) is 0 Å². The van der Waals surface area contributed by atoms with Crippen LogP contribution in [0.25, 0.3) is 0 Å². The Morgan fingerprint density at radius 1 is 0.750 bits per heavy atom. The van der Waals surface area contributed by atoms with E-state index in [1.54, 1.807) is 22.5 Å². The topological polar surface area (TPSA) is 0 Å². The molecule has 0 saturated carbocycles. The molecule has 0 aromatic rings. The molecule has 0 bridgehead atoms. The summed E-state index contributed by atoms with van der Waals surface area (Å²) >= 11 is 7.02. The molecule has 16 heavy (non-hydrogen) atoms.